The van der Waals surface area contributed by atoms with E-state index in [1.807, 2.05) is 18.2 Å². The third-order valence-corrected chi connectivity index (χ3v) is 8.63. The predicted molar refractivity (Wildman–Crippen MR) is 122 cm³/mol. The van der Waals surface area contributed by atoms with Gasteiger partial charge in [0, 0.05) is 10.2 Å². The summed E-state index contributed by atoms with van der Waals surface area (Å²) in [6.07, 6.45) is 1.86. The lowest BCUT2D eigenvalue weighted by atomic mass is 9.73. The number of carbonyl (C=O) groups is 3. The first-order chi connectivity index (χ1) is 14.9. The molecule has 3 aliphatic rings. The number of benzene rings is 2. The second kappa shape index (κ2) is 7.75. The summed E-state index contributed by atoms with van der Waals surface area (Å²) in [6.45, 7) is 1.55. The molecule has 5 nitrogen and oxygen atoms in total. The topological polar surface area (TPSA) is 66.5 Å². The lowest BCUT2D eigenvalue weighted by Crippen LogP contribution is -2.39. The smallest absolute Gasteiger partial charge is 0.244 e. The maximum absolute atomic E-state index is 13.2. The van der Waals surface area contributed by atoms with Gasteiger partial charge >= 0.3 is 0 Å². The van der Waals surface area contributed by atoms with E-state index >= 15 is 0 Å². The van der Waals surface area contributed by atoms with Crippen molar-refractivity contribution in [1.82, 2.24) is 4.90 Å². The quantitative estimate of drug-likeness (QED) is 0.614. The Balaban J connectivity index is 1.32. The van der Waals surface area contributed by atoms with Gasteiger partial charge in [-0.2, -0.15) is 0 Å². The van der Waals surface area contributed by atoms with Crippen LogP contribution in [-0.2, 0) is 14.4 Å². The molecule has 5 rings (SSSR count). The molecule has 0 unspecified atom stereocenters. The van der Waals surface area contributed by atoms with Gasteiger partial charge in [0.1, 0.15) is 6.54 Å². The van der Waals surface area contributed by atoms with E-state index in [0.29, 0.717) is 16.6 Å². The minimum absolute atomic E-state index is 0.175. The molecule has 160 valence electrons. The third kappa shape index (κ3) is 3.31. The van der Waals surface area contributed by atoms with E-state index in [4.69, 9.17) is 11.6 Å². The Bertz CT molecular complexity index is 1090. The zero-order chi connectivity index (χ0) is 21.9. The molecule has 0 radical (unpaired) electrons. The summed E-state index contributed by atoms with van der Waals surface area (Å²) in [7, 11) is 0. The van der Waals surface area contributed by atoms with Crippen LogP contribution in [0.15, 0.2) is 46.9 Å². The molecule has 31 heavy (non-hydrogen) atoms. The SMILES string of the molecule is Cc1c(NC(=O)CN2C(=O)[C@H]3[C@@H]4C[C@@H]([C@@H]3C2=O)[C@@H](c2ccccc2)C4)ccc(Br)c1Cl. The number of rotatable bonds is 4. The van der Waals surface area contributed by atoms with E-state index in [1.165, 1.54) is 10.5 Å². The summed E-state index contributed by atoms with van der Waals surface area (Å²) in [5.41, 5.74) is 2.54. The van der Waals surface area contributed by atoms with Gasteiger partial charge in [0.25, 0.3) is 0 Å². The van der Waals surface area contributed by atoms with Crippen molar-refractivity contribution in [3.8, 4) is 0 Å². The maximum atomic E-state index is 13.2. The van der Waals surface area contributed by atoms with Gasteiger partial charge in [0.05, 0.1) is 16.9 Å². The Morgan fingerprint density at radius 1 is 1.10 bits per heavy atom. The second-order valence-electron chi connectivity index (χ2n) is 8.81. The van der Waals surface area contributed by atoms with Crippen molar-refractivity contribution in [2.24, 2.45) is 23.7 Å². The first-order valence-electron chi connectivity index (χ1n) is 10.5. The molecule has 5 atom stereocenters. The summed E-state index contributed by atoms with van der Waals surface area (Å²) in [6, 6.07) is 13.8. The summed E-state index contributed by atoms with van der Waals surface area (Å²) in [4.78, 5) is 40.2. The number of hydrogen-bond donors (Lipinski definition) is 1. The van der Waals surface area contributed by atoms with Crippen LogP contribution in [0.2, 0.25) is 5.02 Å². The Labute approximate surface area is 194 Å². The lowest BCUT2D eigenvalue weighted by molar-refractivity contribution is -0.143. The van der Waals surface area contributed by atoms with Crippen molar-refractivity contribution in [3.05, 3.63) is 63.1 Å². The van der Waals surface area contributed by atoms with Crippen molar-refractivity contribution >= 4 is 50.9 Å². The van der Waals surface area contributed by atoms with Crippen LogP contribution >= 0.6 is 27.5 Å². The molecular formula is C24H22BrClN2O3. The predicted octanol–water partition coefficient (Wildman–Crippen LogP) is 4.77. The highest BCUT2D eigenvalue weighted by Gasteiger charge is 2.63. The van der Waals surface area contributed by atoms with Crippen molar-refractivity contribution < 1.29 is 14.4 Å². The molecule has 2 saturated carbocycles. The molecule has 2 aliphatic carbocycles. The average Bonchev–Trinajstić information content (AvgIpc) is 3.43. The summed E-state index contributed by atoms with van der Waals surface area (Å²) < 4.78 is 0.742. The first kappa shape index (κ1) is 20.7. The Morgan fingerprint density at radius 3 is 2.55 bits per heavy atom. The van der Waals surface area contributed by atoms with Crippen LogP contribution in [0.3, 0.4) is 0 Å². The standard InChI is InChI=1S/C24H22BrClN2O3/c1-12-18(8-7-17(25)22(12)26)27-19(29)11-28-23(30)20-14-9-15(13-5-3-2-4-6-13)16(10-14)21(20)24(28)31/h2-8,14-16,20-21H,9-11H2,1H3,(H,27,29)/t14-,15+,16+,20-,21-/m0/s1. The van der Waals surface area contributed by atoms with E-state index < -0.39 is 5.91 Å². The number of imide groups is 1. The van der Waals surface area contributed by atoms with Crippen LogP contribution in [0.5, 0.6) is 0 Å². The molecule has 1 N–H and O–H groups in total. The number of hydrogen-bond acceptors (Lipinski definition) is 3. The fourth-order valence-corrected chi connectivity index (χ4v) is 6.48. The minimum atomic E-state index is -0.393. The van der Waals surface area contributed by atoms with Gasteiger partial charge in [-0.25, -0.2) is 0 Å². The number of nitrogens with zero attached hydrogens (tertiary/aromatic N) is 1. The molecule has 0 aromatic heterocycles. The summed E-state index contributed by atoms with van der Waals surface area (Å²) in [5, 5.41) is 3.31. The van der Waals surface area contributed by atoms with Crippen molar-refractivity contribution in [2.45, 2.75) is 25.7 Å². The largest absolute Gasteiger partial charge is 0.324 e. The van der Waals surface area contributed by atoms with Crippen molar-refractivity contribution in [2.75, 3.05) is 11.9 Å². The van der Waals surface area contributed by atoms with Crippen molar-refractivity contribution in [1.29, 1.82) is 0 Å². The first-order valence-corrected chi connectivity index (χ1v) is 11.7. The zero-order valence-electron chi connectivity index (χ0n) is 17.0. The molecule has 1 saturated heterocycles. The molecule has 3 fully saturated rings. The number of halogens is 2. The van der Waals surface area contributed by atoms with Gasteiger partial charge in [0.2, 0.25) is 17.7 Å². The number of likely N-dealkylation sites (tertiary alicyclic amines) is 1. The van der Waals surface area contributed by atoms with Crippen LogP contribution in [0.4, 0.5) is 5.69 Å². The van der Waals surface area contributed by atoms with E-state index in [1.54, 1.807) is 19.1 Å². The zero-order valence-corrected chi connectivity index (χ0v) is 19.3. The molecule has 1 aliphatic heterocycles. The Morgan fingerprint density at radius 2 is 1.81 bits per heavy atom. The van der Waals surface area contributed by atoms with Gasteiger partial charge < -0.3 is 5.32 Å². The van der Waals surface area contributed by atoms with Gasteiger partial charge in [-0.05, 0) is 76.7 Å². The minimum Gasteiger partial charge on any atom is -0.324 e. The monoisotopic (exact) mass is 500 g/mol. The average molecular weight is 502 g/mol. The highest BCUT2D eigenvalue weighted by atomic mass is 79.9. The van der Waals surface area contributed by atoms with Gasteiger partial charge in [-0.3, -0.25) is 19.3 Å². The fourth-order valence-electron chi connectivity index (χ4n) is 5.88. The van der Waals surface area contributed by atoms with Gasteiger partial charge in [-0.1, -0.05) is 41.9 Å². The Hall–Kier alpha value is -2.18. The molecule has 2 aromatic carbocycles. The third-order valence-electron chi connectivity index (χ3n) is 7.25. The Kier molecular flexibility index (Phi) is 5.18. The van der Waals surface area contributed by atoms with E-state index in [-0.39, 0.29) is 42.0 Å². The molecule has 1 heterocycles. The number of fused-ring (bicyclic) bond motifs is 5. The molecule has 0 spiro atoms. The summed E-state index contributed by atoms with van der Waals surface area (Å²) >= 11 is 9.59. The van der Waals surface area contributed by atoms with E-state index in [0.717, 1.165) is 22.9 Å². The number of nitrogens with one attached hydrogen (secondary N) is 1. The van der Waals surface area contributed by atoms with Crippen LogP contribution in [0.1, 0.15) is 29.9 Å². The highest BCUT2D eigenvalue weighted by Crippen LogP contribution is 2.61. The van der Waals surface area contributed by atoms with E-state index in [2.05, 4.69) is 33.4 Å². The highest BCUT2D eigenvalue weighted by molar-refractivity contribution is 9.10. The molecule has 7 heteroatoms. The van der Waals surface area contributed by atoms with Crippen LogP contribution in [0.25, 0.3) is 0 Å². The van der Waals surface area contributed by atoms with Gasteiger partial charge in [-0.15, -0.1) is 0 Å². The normalized spacial score (nSPS) is 28.9. The fraction of sp³-hybridized carbons (Fsp3) is 0.375. The number of anilines is 1. The maximum Gasteiger partial charge on any atom is 0.244 e. The van der Waals surface area contributed by atoms with Crippen LogP contribution in [0, 0.1) is 30.6 Å². The number of carbonyl (C=O) groups excluding carboxylic acids is 3. The van der Waals surface area contributed by atoms with Crippen LogP contribution in [-0.4, -0.2) is 29.2 Å². The number of amides is 3. The second-order valence-corrected chi connectivity index (χ2v) is 10.0. The molecule has 2 bridgehead atoms. The molecule has 2 aromatic rings. The van der Waals surface area contributed by atoms with Gasteiger partial charge in [0.15, 0.2) is 0 Å². The van der Waals surface area contributed by atoms with E-state index in [9.17, 15) is 14.4 Å². The molecular weight excluding hydrogens is 480 g/mol. The van der Waals surface area contributed by atoms with Crippen molar-refractivity contribution in [3.63, 3.8) is 0 Å². The summed E-state index contributed by atoms with van der Waals surface area (Å²) in [5.74, 6) is -0.631. The lowest BCUT2D eigenvalue weighted by Gasteiger charge is -2.28. The molecule has 3 amide bonds. The van der Waals surface area contributed by atoms with Crippen LogP contribution < -0.4 is 5.32 Å².